The van der Waals surface area contributed by atoms with E-state index in [9.17, 15) is 4.79 Å². The highest BCUT2D eigenvalue weighted by Crippen LogP contribution is 2.33. The van der Waals surface area contributed by atoms with Crippen LogP contribution in [0, 0.1) is 5.92 Å². The van der Waals surface area contributed by atoms with Gasteiger partial charge in [-0.1, -0.05) is 0 Å². The van der Waals surface area contributed by atoms with Crippen LogP contribution in [0.5, 0.6) is 5.75 Å². The van der Waals surface area contributed by atoms with Gasteiger partial charge in [-0.2, -0.15) is 0 Å². The van der Waals surface area contributed by atoms with Crippen LogP contribution in [0.4, 0.5) is 0 Å². The molecule has 1 atom stereocenters. The number of ether oxygens (including phenoxy) is 2. The number of aromatic nitrogens is 1. The molecule has 2 aromatic rings. The van der Waals surface area contributed by atoms with Crippen molar-refractivity contribution in [2.45, 2.75) is 6.54 Å². The molecular weight excluding hydrogens is 370 g/mol. The zero-order chi connectivity index (χ0) is 19.8. The second-order valence-corrected chi connectivity index (χ2v) is 7.35. The molecule has 1 fully saturated rings. The van der Waals surface area contributed by atoms with Crippen molar-refractivity contribution in [1.82, 2.24) is 14.8 Å². The van der Waals surface area contributed by atoms with Crippen LogP contribution in [0.2, 0.25) is 0 Å². The van der Waals surface area contributed by atoms with Gasteiger partial charge in [0.25, 0.3) is 0 Å². The summed E-state index contributed by atoms with van der Waals surface area (Å²) in [7, 11) is 1.66. The van der Waals surface area contributed by atoms with Crippen molar-refractivity contribution in [3.8, 4) is 5.75 Å². The number of morpholine rings is 1. The predicted molar refractivity (Wildman–Crippen MR) is 111 cm³/mol. The minimum absolute atomic E-state index is 0.104. The van der Waals surface area contributed by atoms with E-state index in [-0.39, 0.29) is 11.8 Å². The molecule has 0 radical (unpaired) electrons. The molecule has 0 saturated carbocycles. The first-order chi connectivity index (χ1) is 14.2. The van der Waals surface area contributed by atoms with Gasteiger partial charge < -0.3 is 24.3 Å². The van der Waals surface area contributed by atoms with Crippen LogP contribution in [0.25, 0.3) is 16.6 Å². The Morgan fingerprint density at radius 3 is 3.00 bits per heavy atom. The summed E-state index contributed by atoms with van der Waals surface area (Å²) in [6.45, 7) is 3.49. The lowest BCUT2D eigenvalue weighted by Gasteiger charge is -2.27. The summed E-state index contributed by atoms with van der Waals surface area (Å²) in [5.41, 5.74) is 3.03. The maximum absolute atomic E-state index is 12.8. The highest BCUT2D eigenvalue weighted by atomic mass is 16.5. The summed E-state index contributed by atoms with van der Waals surface area (Å²) in [6, 6.07) is 5.95. The van der Waals surface area contributed by atoms with Crippen LogP contribution in [0.1, 0.15) is 5.56 Å². The number of nitrogens with one attached hydrogen (secondary N) is 1. The first-order valence-electron chi connectivity index (χ1n) is 9.80. The molecule has 29 heavy (non-hydrogen) atoms. The molecule has 1 N–H and O–H groups in total. The van der Waals surface area contributed by atoms with Gasteiger partial charge in [-0.25, -0.2) is 4.99 Å². The van der Waals surface area contributed by atoms with Crippen LogP contribution in [-0.4, -0.2) is 67.5 Å². The maximum Gasteiger partial charge on any atom is 0.242 e. The first-order valence-corrected chi connectivity index (χ1v) is 9.80. The van der Waals surface area contributed by atoms with Gasteiger partial charge >= 0.3 is 0 Å². The van der Waals surface area contributed by atoms with Gasteiger partial charge in [0.15, 0.2) is 0 Å². The lowest BCUT2D eigenvalue weighted by atomic mass is 10.1. The Morgan fingerprint density at radius 2 is 2.21 bits per heavy atom. The molecule has 3 aliphatic rings. The highest BCUT2D eigenvalue weighted by Gasteiger charge is 2.27. The highest BCUT2D eigenvalue weighted by molar-refractivity contribution is 6.06. The van der Waals surface area contributed by atoms with E-state index in [2.05, 4.69) is 21.4 Å². The fourth-order valence-electron chi connectivity index (χ4n) is 4.05. The van der Waals surface area contributed by atoms with E-state index < -0.39 is 0 Å². The molecule has 0 bridgehead atoms. The normalized spacial score (nSPS) is 20.9. The Morgan fingerprint density at radius 1 is 1.34 bits per heavy atom. The van der Waals surface area contributed by atoms with E-state index in [0.717, 1.165) is 33.7 Å². The fraction of sp³-hybridized carbons (Fsp3) is 0.381. The number of hydrogen-bond acceptors (Lipinski definition) is 6. The number of rotatable bonds is 4. The standard InChI is InChI=1S/C21H23N5O3/c1-28-15-2-3-19-16(9-15)17(18-8-14-10-22-13-23-21(14)24-18)11-26(19)12-20(27)25-4-6-29-7-5-25/h2-3,8-9,11,13-14H,4-7,10,12H2,1H3,(H,22,23,24). The van der Waals surface area contributed by atoms with Crippen LogP contribution >= 0.6 is 0 Å². The molecule has 3 aliphatic heterocycles. The molecule has 8 nitrogen and oxygen atoms in total. The average Bonchev–Trinajstić information content (AvgIpc) is 3.35. The Balaban J connectivity index is 1.51. The van der Waals surface area contributed by atoms with Crippen molar-refractivity contribution >= 4 is 34.7 Å². The number of aliphatic imine (C=N–C) groups is 2. The summed E-state index contributed by atoms with van der Waals surface area (Å²) in [6.07, 6.45) is 5.81. The predicted octanol–water partition coefficient (Wildman–Crippen LogP) is 1.51. The summed E-state index contributed by atoms with van der Waals surface area (Å²) in [5, 5.41) is 4.46. The smallest absolute Gasteiger partial charge is 0.242 e. The van der Waals surface area contributed by atoms with E-state index in [1.165, 1.54) is 0 Å². The van der Waals surface area contributed by atoms with Gasteiger partial charge in [0, 0.05) is 41.4 Å². The van der Waals surface area contributed by atoms with Gasteiger partial charge in [-0.3, -0.25) is 9.79 Å². The number of carbonyl (C=O) groups is 1. The van der Waals surface area contributed by atoms with E-state index in [4.69, 9.17) is 9.47 Å². The summed E-state index contributed by atoms with van der Waals surface area (Å²) < 4.78 is 12.8. The summed E-state index contributed by atoms with van der Waals surface area (Å²) in [4.78, 5) is 23.3. The van der Waals surface area contributed by atoms with E-state index in [1.54, 1.807) is 13.4 Å². The summed E-state index contributed by atoms with van der Waals surface area (Å²) >= 11 is 0. The first kappa shape index (κ1) is 17.9. The minimum atomic E-state index is 0.104. The molecule has 4 heterocycles. The van der Waals surface area contributed by atoms with Gasteiger partial charge in [0.1, 0.15) is 24.5 Å². The minimum Gasteiger partial charge on any atom is -0.497 e. The van der Waals surface area contributed by atoms with Crippen molar-refractivity contribution in [2.24, 2.45) is 15.9 Å². The molecular formula is C21H23N5O3. The molecule has 1 saturated heterocycles. The maximum atomic E-state index is 12.8. The topological polar surface area (TPSA) is 80.5 Å². The quantitative estimate of drug-likeness (QED) is 0.854. The zero-order valence-corrected chi connectivity index (χ0v) is 16.3. The van der Waals surface area contributed by atoms with Crippen LogP contribution < -0.4 is 10.1 Å². The Bertz CT molecular complexity index is 1050. The third-order valence-electron chi connectivity index (χ3n) is 5.61. The lowest BCUT2D eigenvalue weighted by molar-refractivity contribution is -0.135. The molecule has 1 unspecified atom stereocenters. The number of benzene rings is 1. The fourth-order valence-corrected chi connectivity index (χ4v) is 4.05. The summed E-state index contributed by atoms with van der Waals surface area (Å²) in [5.74, 6) is 1.98. The van der Waals surface area contributed by atoms with Crippen LogP contribution in [0.15, 0.2) is 40.5 Å². The second-order valence-electron chi connectivity index (χ2n) is 7.35. The molecule has 0 aliphatic carbocycles. The van der Waals surface area contributed by atoms with E-state index in [0.29, 0.717) is 39.4 Å². The monoisotopic (exact) mass is 393 g/mol. The number of amides is 1. The van der Waals surface area contributed by atoms with Crippen molar-refractivity contribution in [2.75, 3.05) is 40.0 Å². The third kappa shape index (κ3) is 3.29. The number of hydrogen-bond donors (Lipinski definition) is 1. The van der Waals surface area contributed by atoms with Crippen molar-refractivity contribution in [3.63, 3.8) is 0 Å². The number of amidine groups is 1. The molecule has 5 rings (SSSR count). The van der Waals surface area contributed by atoms with Crippen molar-refractivity contribution in [3.05, 3.63) is 36.0 Å². The van der Waals surface area contributed by atoms with Crippen LogP contribution in [0.3, 0.4) is 0 Å². The van der Waals surface area contributed by atoms with Gasteiger partial charge in [-0.15, -0.1) is 0 Å². The molecule has 1 aromatic heterocycles. The molecule has 150 valence electrons. The molecule has 1 aromatic carbocycles. The Labute approximate surface area is 168 Å². The SMILES string of the molecule is COc1ccc2c(c1)c(C1=CC3CN=CN=C3N1)cn2CC(=O)N1CCOCC1. The van der Waals surface area contributed by atoms with Gasteiger partial charge in [0.05, 0.1) is 32.8 Å². The number of fused-ring (bicyclic) bond motifs is 2. The van der Waals surface area contributed by atoms with Gasteiger partial charge in [0.2, 0.25) is 5.91 Å². The van der Waals surface area contributed by atoms with E-state index >= 15 is 0 Å². The van der Waals surface area contributed by atoms with Crippen LogP contribution in [-0.2, 0) is 16.1 Å². The second kappa shape index (κ2) is 7.36. The molecule has 1 amide bonds. The largest absolute Gasteiger partial charge is 0.497 e. The Hall–Kier alpha value is -3.13. The third-order valence-corrected chi connectivity index (χ3v) is 5.61. The Kier molecular flexibility index (Phi) is 4.55. The molecule has 0 spiro atoms. The number of nitrogens with zero attached hydrogens (tertiary/aromatic N) is 4. The lowest BCUT2D eigenvalue weighted by Crippen LogP contribution is -2.42. The van der Waals surface area contributed by atoms with Gasteiger partial charge in [-0.05, 0) is 24.3 Å². The van der Waals surface area contributed by atoms with E-state index in [1.807, 2.05) is 33.9 Å². The average molecular weight is 393 g/mol. The van der Waals surface area contributed by atoms with Crippen molar-refractivity contribution < 1.29 is 14.3 Å². The van der Waals surface area contributed by atoms with Crippen molar-refractivity contribution in [1.29, 1.82) is 0 Å². The number of methoxy groups -OCH3 is 1. The number of carbonyl (C=O) groups excluding carboxylic acids is 1. The molecule has 8 heteroatoms. The zero-order valence-electron chi connectivity index (χ0n) is 16.3.